The van der Waals surface area contributed by atoms with Crippen LogP contribution in [0.2, 0.25) is 0 Å². The Bertz CT molecular complexity index is 512. The lowest BCUT2D eigenvalue weighted by Gasteiger charge is -2.17. The third-order valence-corrected chi connectivity index (χ3v) is 5.02. The van der Waals surface area contributed by atoms with Crippen LogP contribution in [0.4, 0.5) is 0 Å². The monoisotopic (exact) mass is 317 g/mol. The number of rotatable bonds is 10. The van der Waals surface area contributed by atoms with Crippen LogP contribution >= 0.6 is 0 Å². The minimum atomic E-state index is -3.43. The molecule has 0 atom stereocenters. The van der Waals surface area contributed by atoms with Crippen LogP contribution < -0.4 is 5.32 Å². The first-order valence-corrected chi connectivity index (χ1v) is 8.60. The summed E-state index contributed by atoms with van der Waals surface area (Å²) in [4.78, 5) is 2.31. The van der Waals surface area contributed by atoms with Crippen molar-refractivity contribution in [1.82, 2.24) is 24.3 Å². The molecular formula is C13H27N5O2S. The summed E-state index contributed by atoms with van der Waals surface area (Å²) < 4.78 is 27.9. The van der Waals surface area contributed by atoms with Crippen LogP contribution in [0.1, 0.15) is 12.8 Å². The SMILES string of the molecule is CNCCCn1cc(S(=O)(=O)N(C)CCCN(C)C)cn1. The molecule has 0 bridgehead atoms. The van der Waals surface area contributed by atoms with Gasteiger partial charge in [0.2, 0.25) is 10.0 Å². The summed E-state index contributed by atoms with van der Waals surface area (Å²) in [6.07, 6.45) is 4.75. The molecule has 0 saturated heterocycles. The molecular weight excluding hydrogens is 290 g/mol. The highest BCUT2D eigenvalue weighted by molar-refractivity contribution is 7.89. The first-order valence-electron chi connectivity index (χ1n) is 7.16. The average molecular weight is 317 g/mol. The number of hydrogen-bond acceptors (Lipinski definition) is 5. The predicted octanol–water partition coefficient (Wildman–Crippen LogP) is 0.0648. The van der Waals surface area contributed by atoms with Gasteiger partial charge in [0.1, 0.15) is 4.90 Å². The van der Waals surface area contributed by atoms with E-state index in [2.05, 4.69) is 10.4 Å². The molecule has 1 aromatic heterocycles. The smallest absolute Gasteiger partial charge is 0.245 e. The normalized spacial score (nSPS) is 12.5. The standard InChI is InChI=1S/C13H27N5O2S/c1-14-7-5-10-18-12-13(11-15-18)21(19,20)17(4)9-6-8-16(2)3/h11-12,14H,5-10H2,1-4H3. The fraction of sp³-hybridized carbons (Fsp3) is 0.769. The first-order chi connectivity index (χ1) is 9.87. The number of nitrogens with zero attached hydrogens (tertiary/aromatic N) is 4. The van der Waals surface area contributed by atoms with Crippen molar-refractivity contribution in [1.29, 1.82) is 0 Å². The number of sulfonamides is 1. The number of hydrogen-bond donors (Lipinski definition) is 1. The van der Waals surface area contributed by atoms with Crippen LogP contribution in [0.3, 0.4) is 0 Å². The molecule has 0 unspecified atom stereocenters. The molecule has 8 heteroatoms. The quantitative estimate of drug-likeness (QED) is 0.618. The zero-order chi connectivity index (χ0) is 15.9. The molecule has 0 saturated carbocycles. The van der Waals surface area contributed by atoms with E-state index in [1.165, 1.54) is 10.5 Å². The third kappa shape index (κ3) is 5.74. The average Bonchev–Trinajstić information content (AvgIpc) is 2.88. The highest BCUT2D eigenvalue weighted by atomic mass is 32.2. The molecule has 7 nitrogen and oxygen atoms in total. The van der Waals surface area contributed by atoms with Crippen LogP contribution in [-0.2, 0) is 16.6 Å². The summed E-state index contributed by atoms with van der Waals surface area (Å²) in [6.45, 7) is 2.96. The number of aryl methyl sites for hydroxylation is 1. The van der Waals surface area contributed by atoms with Crippen molar-refractivity contribution < 1.29 is 8.42 Å². The van der Waals surface area contributed by atoms with Crippen LogP contribution in [-0.4, -0.2) is 75.2 Å². The van der Waals surface area contributed by atoms with Gasteiger partial charge in [-0.05, 0) is 47.1 Å². The second-order valence-electron chi connectivity index (χ2n) is 5.38. The van der Waals surface area contributed by atoms with Crippen molar-refractivity contribution in [2.24, 2.45) is 0 Å². The van der Waals surface area contributed by atoms with E-state index >= 15 is 0 Å². The fourth-order valence-corrected chi connectivity index (χ4v) is 3.09. The molecule has 0 fully saturated rings. The van der Waals surface area contributed by atoms with Gasteiger partial charge < -0.3 is 10.2 Å². The third-order valence-electron chi connectivity index (χ3n) is 3.21. The van der Waals surface area contributed by atoms with Crippen molar-refractivity contribution in [3.8, 4) is 0 Å². The van der Waals surface area contributed by atoms with Crippen LogP contribution in [0.25, 0.3) is 0 Å². The molecule has 21 heavy (non-hydrogen) atoms. The first kappa shape index (κ1) is 18.1. The lowest BCUT2D eigenvalue weighted by molar-refractivity contribution is 0.370. The molecule has 0 aliphatic heterocycles. The summed E-state index contributed by atoms with van der Waals surface area (Å²) in [5, 5.41) is 7.17. The van der Waals surface area contributed by atoms with E-state index in [1.54, 1.807) is 17.9 Å². The topological polar surface area (TPSA) is 70.5 Å². The molecule has 1 N–H and O–H groups in total. The maximum atomic E-state index is 12.4. The van der Waals surface area contributed by atoms with Gasteiger partial charge in [0.15, 0.2) is 0 Å². The Balaban J connectivity index is 2.60. The molecule has 0 aliphatic rings. The van der Waals surface area contributed by atoms with E-state index in [4.69, 9.17) is 0 Å². The Morgan fingerprint density at radius 1 is 1.24 bits per heavy atom. The van der Waals surface area contributed by atoms with Crippen molar-refractivity contribution in [2.75, 3.05) is 47.8 Å². The van der Waals surface area contributed by atoms with Gasteiger partial charge in [0.25, 0.3) is 0 Å². The van der Waals surface area contributed by atoms with Crippen LogP contribution in [0.5, 0.6) is 0 Å². The van der Waals surface area contributed by atoms with Gasteiger partial charge >= 0.3 is 0 Å². The minimum absolute atomic E-state index is 0.263. The van der Waals surface area contributed by atoms with Crippen LogP contribution in [0.15, 0.2) is 17.3 Å². The second-order valence-corrected chi connectivity index (χ2v) is 7.42. The largest absolute Gasteiger partial charge is 0.320 e. The van der Waals surface area contributed by atoms with Crippen molar-refractivity contribution in [3.05, 3.63) is 12.4 Å². The van der Waals surface area contributed by atoms with E-state index in [1.807, 2.05) is 26.0 Å². The summed E-state index contributed by atoms with van der Waals surface area (Å²) >= 11 is 0. The van der Waals surface area contributed by atoms with Gasteiger partial charge in [-0.15, -0.1) is 0 Å². The number of aromatic nitrogens is 2. The van der Waals surface area contributed by atoms with Gasteiger partial charge in [-0.25, -0.2) is 12.7 Å². The van der Waals surface area contributed by atoms with Gasteiger partial charge in [-0.1, -0.05) is 0 Å². The zero-order valence-corrected chi connectivity index (χ0v) is 14.2. The maximum Gasteiger partial charge on any atom is 0.245 e. The van der Waals surface area contributed by atoms with E-state index in [0.29, 0.717) is 13.1 Å². The number of nitrogens with one attached hydrogen (secondary N) is 1. The Labute approximate surface area is 128 Å². The summed E-state index contributed by atoms with van der Waals surface area (Å²) in [7, 11) is 4.03. The molecule has 1 rings (SSSR count). The predicted molar refractivity (Wildman–Crippen MR) is 83.8 cm³/mol. The lowest BCUT2D eigenvalue weighted by atomic mass is 10.4. The lowest BCUT2D eigenvalue weighted by Crippen LogP contribution is -2.29. The molecule has 0 aliphatic carbocycles. The van der Waals surface area contributed by atoms with Gasteiger partial charge in [0.05, 0.1) is 6.20 Å². The Morgan fingerprint density at radius 3 is 2.57 bits per heavy atom. The van der Waals surface area contributed by atoms with E-state index < -0.39 is 10.0 Å². The van der Waals surface area contributed by atoms with E-state index in [9.17, 15) is 8.42 Å². The molecule has 0 radical (unpaired) electrons. The Kier molecular flexibility index (Phi) is 7.30. The van der Waals surface area contributed by atoms with Gasteiger partial charge in [-0.2, -0.15) is 5.10 Å². The van der Waals surface area contributed by atoms with E-state index in [-0.39, 0.29) is 4.90 Å². The summed E-state index contributed by atoms with van der Waals surface area (Å²) in [5.74, 6) is 0. The highest BCUT2D eigenvalue weighted by Crippen LogP contribution is 2.13. The van der Waals surface area contributed by atoms with Gasteiger partial charge in [-0.3, -0.25) is 4.68 Å². The second kappa shape index (κ2) is 8.47. The molecule has 0 amide bonds. The van der Waals surface area contributed by atoms with Crippen molar-refractivity contribution >= 4 is 10.0 Å². The Hall–Kier alpha value is -0.960. The van der Waals surface area contributed by atoms with E-state index in [0.717, 1.165) is 25.9 Å². The highest BCUT2D eigenvalue weighted by Gasteiger charge is 2.22. The summed E-state index contributed by atoms with van der Waals surface area (Å²) in [5.41, 5.74) is 0. The zero-order valence-electron chi connectivity index (χ0n) is 13.4. The maximum absolute atomic E-state index is 12.4. The van der Waals surface area contributed by atoms with Crippen molar-refractivity contribution in [2.45, 2.75) is 24.3 Å². The molecule has 0 aromatic carbocycles. The molecule has 1 heterocycles. The molecule has 1 aromatic rings. The van der Waals surface area contributed by atoms with Crippen LogP contribution in [0, 0.1) is 0 Å². The fourth-order valence-electron chi connectivity index (χ4n) is 1.93. The molecule has 0 spiro atoms. The van der Waals surface area contributed by atoms with Crippen molar-refractivity contribution in [3.63, 3.8) is 0 Å². The van der Waals surface area contributed by atoms with Gasteiger partial charge in [0, 0.05) is 26.3 Å². The molecule has 122 valence electrons. The minimum Gasteiger partial charge on any atom is -0.320 e. The summed E-state index contributed by atoms with van der Waals surface area (Å²) in [6, 6.07) is 0. The Morgan fingerprint density at radius 2 is 1.95 bits per heavy atom.